The monoisotopic (exact) mass is 397 g/mol. The minimum atomic E-state index is -0.198. The molecule has 5 nitrogen and oxygen atoms in total. The summed E-state index contributed by atoms with van der Waals surface area (Å²) in [5, 5.41) is 6.15. The fraction of sp³-hybridized carbons (Fsp3) is 0.150. The molecule has 0 radical (unpaired) electrons. The Bertz CT molecular complexity index is 1180. The summed E-state index contributed by atoms with van der Waals surface area (Å²) in [6.45, 7) is 2.24. The van der Waals surface area contributed by atoms with E-state index in [1.807, 2.05) is 43.3 Å². The summed E-state index contributed by atoms with van der Waals surface area (Å²) in [5.41, 5.74) is 2.79. The van der Waals surface area contributed by atoms with E-state index in [9.17, 15) is 4.79 Å². The van der Waals surface area contributed by atoms with Gasteiger partial charge in [0, 0.05) is 10.6 Å². The van der Waals surface area contributed by atoms with Crippen molar-refractivity contribution in [1.82, 2.24) is 14.8 Å². The summed E-state index contributed by atoms with van der Waals surface area (Å²) >= 11 is 7.43. The van der Waals surface area contributed by atoms with Gasteiger partial charge in [0.05, 0.1) is 23.4 Å². The van der Waals surface area contributed by atoms with Crippen molar-refractivity contribution in [3.63, 3.8) is 0 Å². The maximum absolute atomic E-state index is 12.9. The van der Waals surface area contributed by atoms with Gasteiger partial charge in [0.2, 0.25) is 0 Å². The lowest BCUT2D eigenvalue weighted by molar-refractivity contribution is 0.415. The van der Waals surface area contributed by atoms with Crippen LogP contribution in [0.15, 0.2) is 53.3 Å². The lowest BCUT2D eigenvalue weighted by atomic mass is 10.1. The first kappa shape index (κ1) is 17.7. The number of hydrogen-bond donors (Lipinski definition) is 0. The number of fused-ring (bicyclic) bond motifs is 1. The van der Waals surface area contributed by atoms with E-state index >= 15 is 0 Å². The lowest BCUT2D eigenvalue weighted by Gasteiger charge is -2.10. The van der Waals surface area contributed by atoms with E-state index < -0.39 is 0 Å². The Labute approximate surface area is 164 Å². The van der Waals surface area contributed by atoms with Gasteiger partial charge in [-0.3, -0.25) is 4.79 Å². The van der Waals surface area contributed by atoms with Crippen molar-refractivity contribution in [1.29, 1.82) is 0 Å². The van der Waals surface area contributed by atoms with Crippen LogP contribution in [0.5, 0.6) is 5.75 Å². The Morgan fingerprint density at radius 2 is 1.96 bits per heavy atom. The molecule has 2 aromatic carbocycles. The van der Waals surface area contributed by atoms with Crippen molar-refractivity contribution < 1.29 is 4.74 Å². The quantitative estimate of drug-likeness (QED) is 0.507. The largest absolute Gasteiger partial charge is 0.497 e. The van der Waals surface area contributed by atoms with Crippen molar-refractivity contribution in [2.45, 2.75) is 13.5 Å². The number of aromatic nitrogens is 3. The van der Waals surface area contributed by atoms with Crippen LogP contribution in [0.1, 0.15) is 10.6 Å². The zero-order valence-corrected chi connectivity index (χ0v) is 16.3. The third kappa shape index (κ3) is 3.46. The third-order valence-corrected chi connectivity index (χ3v) is 5.43. The van der Waals surface area contributed by atoms with E-state index in [4.69, 9.17) is 16.3 Å². The third-order valence-electron chi connectivity index (χ3n) is 4.20. The maximum atomic E-state index is 12.9. The highest BCUT2D eigenvalue weighted by atomic mass is 35.5. The van der Waals surface area contributed by atoms with E-state index in [-0.39, 0.29) is 5.56 Å². The Hall–Kier alpha value is -2.70. The van der Waals surface area contributed by atoms with Gasteiger partial charge in [-0.1, -0.05) is 35.9 Å². The highest BCUT2D eigenvalue weighted by Gasteiger charge is 2.17. The molecule has 2 aromatic heterocycles. The standard InChI is InChI=1S/C20H16ClN3O2S/c1-12-22-18-19(27-12)17(14-4-3-5-16(10-14)26-2)23-24(20(18)25)11-13-6-8-15(21)9-7-13/h3-10H,11H2,1-2H3. The molecule has 0 aliphatic rings. The summed E-state index contributed by atoms with van der Waals surface area (Å²) in [6, 6.07) is 15.0. The molecule has 4 rings (SSSR count). The van der Waals surface area contributed by atoms with Crippen LogP contribution < -0.4 is 10.3 Å². The van der Waals surface area contributed by atoms with Crippen LogP contribution in [0, 0.1) is 6.92 Å². The van der Waals surface area contributed by atoms with Gasteiger partial charge in [-0.05, 0) is 36.8 Å². The first-order chi connectivity index (χ1) is 13.0. The number of aryl methyl sites for hydroxylation is 1. The zero-order valence-electron chi connectivity index (χ0n) is 14.8. The molecule has 0 unspecified atom stereocenters. The zero-order chi connectivity index (χ0) is 19.0. The molecule has 0 saturated heterocycles. The molecular formula is C20H16ClN3O2S. The highest BCUT2D eigenvalue weighted by Crippen LogP contribution is 2.31. The van der Waals surface area contributed by atoms with Gasteiger partial charge < -0.3 is 4.74 Å². The van der Waals surface area contributed by atoms with Crippen molar-refractivity contribution in [2.24, 2.45) is 0 Å². The SMILES string of the molecule is COc1cccc(-c2nn(Cc3ccc(Cl)cc3)c(=O)c3nc(C)sc23)c1. The molecule has 2 heterocycles. The van der Waals surface area contributed by atoms with Gasteiger partial charge in [0.15, 0.2) is 5.52 Å². The molecule has 27 heavy (non-hydrogen) atoms. The number of rotatable bonds is 4. The smallest absolute Gasteiger partial charge is 0.294 e. The second kappa shape index (κ2) is 7.13. The second-order valence-corrected chi connectivity index (χ2v) is 7.72. The average Bonchev–Trinajstić information content (AvgIpc) is 3.07. The molecule has 0 fully saturated rings. The summed E-state index contributed by atoms with van der Waals surface area (Å²) in [4.78, 5) is 17.4. The molecule has 0 bridgehead atoms. The molecule has 0 aliphatic heterocycles. The number of methoxy groups -OCH3 is 1. The Balaban J connectivity index is 1.91. The van der Waals surface area contributed by atoms with Crippen LogP contribution in [-0.2, 0) is 6.54 Å². The normalized spacial score (nSPS) is 11.1. The number of ether oxygens (including phenoxy) is 1. The molecule has 0 atom stereocenters. The predicted octanol–water partition coefficient (Wildman–Crippen LogP) is 4.54. The fourth-order valence-electron chi connectivity index (χ4n) is 2.90. The number of halogens is 1. The first-order valence-electron chi connectivity index (χ1n) is 8.32. The molecule has 0 saturated carbocycles. The maximum Gasteiger partial charge on any atom is 0.294 e. The Kier molecular flexibility index (Phi) is 4.68. The minimum absolute atomic E-state index is 0.198. The molecule has 0 spiro atoms. The lowest BCUT2D eigenvalue weighted by Crippen LogP contribution is -2.24. The molecule has 0 N–H and O–H groups in total. The number of nitrogens with zero attached hydrogens (tertiary/aromatic N) is 3. The molecule has 136 valence electrons. The minimum Gasteiger partial charge on any atom is -0.497 e. The van der Waals surface area contributed by atoms with E-state index in [0.717, 1.165) is 32.3 Å². The molecule has 7 heteroatoms. The van der Waals surface area contributed by atoms with Crippen molar-refractivity contribution in [3.8, 4) is 17.0 Å². The van der Waals surface area contributed by atoms with Crippen molar-refractivity contribution >= 4 is 33.2 Å². The first-order valence-corrected chi connectivity index (χ1v) is 9.52. The molecule has 4 aromatic rings. The van der Waals surface area contributed by atoms with E-state index in [1.54, 1.807) is 19.2 Å². The van der Waals surface area contributed by atoms with Crippen LogP contribution in [0.3, 0.4) is 0 Å². The summed E-state index contributed by atoms with van der Waals surface area (Å²) in [5.74, 6) is 0.735. The highest BCUT2D eigenvalue weighted by molar-refractivity contribution is 7.19. The predicted molar refractivity (Wildman–Crippen MR) is 109 cm³/mol. The van der Waals surface area contributed by atoms with Gasteiger partial charge in [-0.2, -0.15) is 5.10 Å². The molecular weight excluding hydrogens is 382 g/mol. The topological polar surface area (TPSA) is 57.0 Å². The van der Waals surface area contributed by atoms with Crippen LogP contribution in [0.2, 0.25) is 5.02 Å². The van der Waals surface area contributed by atoms with E-state index in [0.29, 0.717) is 17.1 Å². The number of thiazole rings is 1. The molecule has 0 amide bonds. The number of hydrogen-bond acceptors (Lipinski definition) is 5. The van der Waals surface area contributed by atoms with Crippen LogP contribution in [0.25, 0.3) is 21.5 Å². The summed E-state index contributed by atoms with van der Waals surface area (Å²) in [6.07, 6.45) is 0. The van der Waals surface area contributed by atoms with Crippen LogP contribution in [0.4, 0.5) is 0 Å². The summed E-state index contributed by atoms with van der Waals surface area (Å²) < 4.78 is 7.58. The van der Waals surface area contributed by atoms with E-state index in [2.05, 4.69) is 10.1 Å². The van der Waals surface area contributed by atoms with Crippen LogP contribution >= 0.6 is 22.9 Å². The van der Waals surface area contributed by atoms with Crippen LogP contribution in [-0.4, -0.2) is 21.9 Å². The van der Waals surface area contributed by atoms with Gasteiger partial charge in [0.1, 0.15) is 11.4 Å². The van der Waals surface area contributed by atoms with E-state index in [1.165, 1.54) is 16.0 Å². The fourth-order valence-corrected chi connectivity index (χ4v) is 3.94. The van der Waals surface area contributed by atoms with Gasteiger partial charge in [0.25, 0.3) is 5.56 Å². The molecule has 0 aliphatic carbocycles. The van der Waals surface area contributed by atoms with Gasteiger partial charge >= 0.3 is 0 Å². The van der Waals surface area contributed by atoms with Crippen molar-refractivity contribution in [3.05, 3.63) is 74.5 Å². The second-order valence-electron chi connectivity index (χ2n) is 6.08. The average molecular weight is 398 g/mol. The van der Waals surface area contributed by atoms with Gasteiger partial charge in [-0.15, -0.1) is 11.3 Å². The van der Waals surface area contributed by atoms with Crippen molar-refractivity contribution in [2.75, 3.05) is 7.11 Å². The number of benzene rings is 2. The Morgan fingerprint density at radius 3 is 2.70 bits per heavy atom. The van der Waals surface area contributed by atoms with Gasteiger partial charge in [-0.25, -0.2) is 9.67 Å². The summed E-state index contributed by atoms with van der Waals surface area (Å²) in [7, 11) is 1.63. The Morgan fingerprint density at radius 1 is 1.19 bits per heavy atom.